The quantitative estimate of drug-likeness (QED) is 0.864. The molecule has 0 saturated carbocycles. The minimum Gasteiger partial charge on any atom is -0.350 e. The van der Waals surface area contributed by atoms with Crippen molar-refractivity contribution >= 4 is 17.2 Å². The summed E-state index contributed by atoms with van der Waals surface area (Å²) >= 11 is 1.32. The van der Waals surface area contributed by atoms with Crippen LogP contribution in [0.3, 0.4) is 0 Å². The van der Waals surface area contributed by atoms with Gasteiger partial charge in [0, 0.05) is 18.3 Å². The van der Waals surface area contributed by atoms with E-state index in [9.17, 15) is 26.7 Å². The van der Waals surface area contributed by atoms with Crippen LogP contribution in [-0.4, -0.2) is 29.5 Å². The number of nitrogens with one attached hydrogen (secondary N) is 1. The van der Waals surface area contributed by atoms with Gasteiger partial charge in [0.1, 0.15) is 0 Å². The first-order chi connectivity index (χ1) is 8.14. The molecule has 0 aliphatic carbocycles. The van der Waals surface area contributed by atoms with Gasteiger partial charge in [0.15, 0.2) is 0 Å². The summed E-state index contributed by atoms with van der Waals surface area (Å²) in [5.41, 5.74) is 0.535. The van der Waals surface area contributed by atoms with Crippen LogP contribution in [0.15, 0.2) is 5.38 Å². The minimum absolute atomic E-state index is 0.101. The first kappa shape index (κ1) is 14.8. The van der Waals surface area contributed by atoms with Gasteiger partial charge in [0.2, 0.25) is 0 Å². The smallest absolute Gasteiger partial charge is 0.350 e. The van der Waals surface area contributed by atoms with Gasteiger partial charge in [0.25, 0.3) is 5.91 Å². The highest BCUT2D eigenvalue weighted by Gasteiger charge is 2.63. The number of alkyl halides is 5. The molecule has 0 unspecified atom stereocenters. The number of carbonyl (C=O) groups is 1. The summed E-state index contributed by atoms with van der Waals surface area (Å²) < 4.78 is 60.5. The molecule has 0 atom stereocenters. The van der Waals surface area contributed by atoms with Crippen molar-refractivity contribution in [3.05, 3.63) is 16.1 Å². The summed E-state index contributed by atoms with van der Waals surface area (Å²) in [4.78, 5) is 14.7. The van der Waals surface area contributed by atoms with Gasteiger partial charge in [-0.25, -0.2) is 4.98 Å². The van der Waals surface area contributed by atoms with Gasteiger partial charge in [0.05, 0.1) is 10.7 Å². The first-order valence-electron chi connectivity index (χ1n) is 4.78. The normalized spacial score (nSPS) is 12.6. The van der Waals surface area contributed by atoms with Crippen LogP contribution in [-0.2, 0) is 11.2 Å². The third kappa shape index (κ3) is 3.37. The molecule has 0 fully saturated rings. The average Bonchev–Trinajstić information content (AvgIpc) is 2.62. The fourth-order valence-corrected chi connectivity index (χ4v) is 1.71. The molecule has 1 amide bonds. The molecular formula is C9H9F5N2OS. The fourth-order valence-electron chi connectivity index (χ4n) is 1.07. The van der Waals surface area contributed by atoms with Gasteiger partial charge in [-0.05, 0) is 6.92 Å². The molecular weight excluding hydrogens is 279 g/mol. The van der Waals surface area contributed by atoms with E-state index in [-0.39, 0.29) is 13.0 Å². The third-order valence-corrected chi connectivity index (χ3v) is 2.80. The standard InChI is InChI=1S/C9H9F5N2OS/c1-5-16-6(4-18-5)2-3-15-7(17)8(10,11)9(12,13)14/h4H,2-3H2,1H3,(H,15,17). The van der Waals surface area contributed by atoms with Gasteiger partial charge in [-0.3, -0.25) is 4.79 Å². The summed E-state index contributed by atoms with van der Waals surface area (Å²) in [5.74, 6) is -7.72. The van der Waals surface area contributed by atoms with Crippen LogP contribution in [0.2, 0.25) is 0 Å². The third-order valence-electron chi connectivity index (χ3n) is 1.97. The molecule has 18 heavy (non-hydrogen) atoms. The molecule has 0 saturated heterocycles. The Morgan fingerprint density at radius 2 is 2.00 bits per heavy atom. The number of aryl methyl sites for hydroxylation is 1. The first-order valence-corrected chi connectivity index (χ1v) is 5.66. The zero-order valence-electron chi connectivity index (χ0n) is 9.15. The monoisotopic (exact) mass is 288 g/mol. The summed E-state index contributed by atoms with van der Waals surface area (Å²) in [5, 5.41) is 3.93. The van der Waals surface area contributed by atoms with Crippen LogP contribution in [0, 0.1) is 6.92 Å². The number of hydrogen-bond acceptors (Lipinski definition) is 3. The van der Waals surface area contributed by atoms with Crippen molar-refractivity contribution in [2.45, 2.75) is 25.4 Å². The Kier molecular flexibility index (Phi) is 4.25. The van der Waals surface area contributed by atoms with Crippen molar-refractivity contribution in [1.82, 2.24) is 10.3 Å². The Labute approximate surface area is 103 Å². The van der Waals surface area contributed by atoms with E-state index < -0.39 is 18.0 Å². The molecule has 1 N–H and O–H groups in total. The Bertz CT molecular complexity index is 429. The fraction of sp³-hybridized carbons (Fsp3) is 0.556. The van der Waals surface area contributed by atoms with Crippen molar-refractivity contribution in [1.29, 1.82) is 0 Å². The Hall–Kier alpha value is -1.25. The van der Waals surface area contributed by atoms with Crippen molar-refractivity contribution in [2.24, 2.45) is 0 Å². The maximum Gasteiger partial charge on any atom is 0.463 e. The lowest BCUT2D eigenvalue weighted by molar-refractivity contribution is -0.269. The van der Waals surface area contributed by atoms with E-state index in [2.05, 4.69) is 4.98 Å². The molecule has 0 bridgehead atoms. The van der Waals surface area contributed by atoms with Gasteiger partial charge >= 0.3 is 12.1 Å². The highest BCUT2D eigenvalue weighted by molar-refractivity contribution is 7.09. The van der Waals surface area contributed by atoms with Crippen LogP contribution in [0.5, 0.6) is 0 Å². The summed E-state index contributed by atoms with van der Waals surface area (Å²) in [6, 6.07) is 0. The van der Waals surface area contributed by atoms with Crippen molar-refractivity contribution in [3.63, 3.8) is 0 Å². The molecule has 9 heteroatoms. The van der Waals surface area contributed by atoms with Gasteiger partial charge in [-0.2, -0.15) is 22.0 Å². The molecule has 102 valence electrons. The number of amides is 1. The van der Waals surface area contributed by atoms with Crippen LogP contribution in [0.4, 0.5) is 22.0 Å². The van der Waals surface area contributed by atoms with E-state index in [0.29, 0.717) is 5.69 Å². The van der Waals surface area contributed by atoms with Crippen LogP contribution >= 0.6 is 11.3 Å². The summed E-state index contributed by atoms with van der Waals surface area (Å²) in [6.45, 7) is 1.40. The number of thiazole rings is 1. The second-order valence-electron chi connectivity index (χ2n) is 3.44. The average molecular weight is 288 g/mol. The molecule has 1 heterocycles. The van der Waals surface area contributed by atoms with E-state index >= 15 is 0 Å². The number of hydrogen-bond donors (Lipinski definition) is 1. The molecule has 1 aromatic heterocycles. The highest BCUT2D eigenvalue weighted by Crippen LogP contribution is 2.35. The maximum absolute atomic E-state index is 12.5. The topological polar surface area (TPSA) is 42.0 Å². The largest absolute Gasteiger partial charge is 0.463 e. The Balaban J connectivity index is 2.47. The Morgan fingerprint density at radius 3 is 2.44 bits per heavy atom. The molecule has 0 aromatic carbocycles. The summed E-state index contributed by atoms with van der Waals surface area (Å²) in [7, 11) is 0. The van der Waals surface area contributed by atoms with Crippen molar-refractivity contribution in [3.8, 4) is 0 Å². The second-order valence-corrected chi connectivity index (χ2v) is 4.50. The van der Waals surface area contributed by atoms with E-state index in [0.717, 1.165) is 5.01 Å². The van der Waals surface area contributed by atoms with Crippen molar-refractivity contribution in [2.75, 3.05) is 6.54 Å². The molecule has 0 radical (unpaired) electrons. The SMILES string of the molecule is Cc1nc(CCNC(=O)C(F)(F)C(F)(F)F)cs1. The van der Waals surface area contributed by atoms with Crippen LogP contribution < -0.4 is 5.32 Å². The lowest BCUT2D eigenvalue weighted by Gasteiger charge is -2.18. The summed E-state index contributed by atoms with van der Waals surface area (Å²) in [6.07, 6.45) is -5.78. The lowest BCUT2D eigenvalue weighted by atomic mass is 10.3. The van der Waals surface area contributed by atoms with Gasteiger partial charge < -0.3 is 5.32 Å². The number of rotatable bonds is 4. The highest BCUT2D eigenvalue weighted by atomic mass is 32.1. The Morgan fingerprint density at radius 1 is 1.39 bits per heavy atom. The van der Waals surface area contributed by atoms with Crippen LogP contribution in [0.25, 0.3) is 0 Å². The number of aromatic nitrogens is 1. The minimum atomic E-state index is -5.88. The molecule has 1 rings (SSSR count). The predicted octanol–water partition coefficient (Wildman–Crippen LogP) is 2.31. The van der Waals surface area contributed by atoms with E-state index in [1.165, 1.54) is 11.3 Å². The van der Waals surface area contributed by atoms with Gasteiger partial charge in [-0.15, -0.1) is 11.3 Å². The van der Waals surface area contributed by atoms with E-state index in [1.807, 2.05) is 0 Å². The van der Waals surface area contributed by atoms with E-state index in [1.54, 1.807) is 17.6 Å². The predicted molar refractivity (Wildman–Crippen MR) is 54.6 cm³/mol. The molecule has 0 aliphatic heterocycles. The maximum atomic E-state index is 12.5. The van der Waals surface area contributed by atoms with Crippen LogP contribution in [0.1, 0.15) is 10.7 Å². The lowest BCUT2D eigenvalue weighted by Crippen LogP contribution is -2.50. The molecule has 0 spiro atoms. The number of nitrogens with zero attached hydrogens (tertiary/aromatic N) is 1. The number of carbonyl (C=O) groups excluding carboxylic acids is 1. The molecule has 1 aromatic rings. The van der Waals surface area contributed by atoms with Crippen molar-refractivity contribution < 1.29 is 26.7 Å². The molecule has 3 nitrogen and oxygen atoms in total. The second kappa shape index (κ2) is 5.17. The zero-order chi connectivity index (χ0) is 14.0. The zero-order valence-corrected chi connectivity index (χ0v) is 9.96. The van der Waals surface area contributed by atoms with Gasteiger partial charge in [-0.1, -0.05) is 0 Å². The number of halogens is 5. The molecule has 0 aliphatic rings. The van der Waals surface area contributed by atoms with E-state index in [4.69, 9.17) is 0 Å².